The van der Waals surface area contributed by atoms with Crippen LogP contribution in [0.25, 0.3) is 16.6 Å². The molecule has 4 rings (SSSR count). The van der Waals surface area contributed by atoms with Gasteiger partial charge in [0.25, 0.3) is 5.56 Å². The van der Waals surface area contributed by atoms with Crippen LogP contribution in [0.15, 0.2) is 76.7 Å². The first-order valence-corrected chi connectivity index (χ1v) is 11.4. The number of thioether (sulfide) groups is 1. The van der Waals surface area contributed by atoms with Crippen LogP contribution < -0.4 is 15.6 Å². The highest BCUT2D eigenvalue weighted by molar-refractivity contribution is 7.99. The molecule has 0 spiro atoms. The van der Waals surface area contributed by atoms with Crippen molar-refractivity contribution in [3.63, 3.8) is 0 Å². The van der Waals surface area contributed by atoms with E-state index in [1.54, 1.807) is 30.3 Å². The fraction of sp³-hybridized carbons (Fsp3) is 0.160. The Balaban J connectivity index is 1.67. The van der Waals surface area contributed by atoms with Crippen molar-refractivity contribution in [2.45, 2.75) is 25.6 Å². The molecule has 0 fully saturated rings. The van der Waals surface area contributed by atoms with Gasteiger partial charge in [-0.15, -0.1) is 0 Å². The van der Waals surface area contributed by atoms with Gasteiger partial charge in [0, 0.05) is 0 Å². The molecule has 0 aliphatic heterocycles. The first-order valence-electron chi connectivity index (χ1n) is 10.4. The van der Waals surface area contributed by atoms with Crippen molar-refractivity contribution in [2.24, 2.45) is 0 Å². The minimum Gasteiger partial charge on any atom is -0.433 e. The Kier molecular flexibility index (Phi) is 6.93. The number of alkyl halides is 2. The summed E-state index contributed by atoms with van der Waals surface area (Å²) in [4.78, 5) is 30.7. The van der Waals surface area contributed by atoms with E-state index in [-0.39, 0.29) is 22.7 Å². The average molecular weight is 482 g/mol. The topological polar surface area (TPSA) is 73.2 Å². The van der Waals surface area contributed by atoms with Crippen LogP contribution in [0.5, 0.6) is 5.75 Å². The minimum absolute atomic E-state index is 0.0986. The summed E-state index contributed by atoms with van der Waals surface area (Å²) in [6.07, 6.45) is 0. The second-order valence-corrected chi connectivity index (χ2v) is 8.50. The smallest absolute Gasteiger partial charge is 0.387 e. The van der Waals surface area contributed by atoms with E-state index in [9.17, 15) is 18.4 Å². The Hall–Kier alpha value is -3.72. The minimum atomic E-state index is -3.01. The fourth-order valence-corrected chi connectivity index (χ4v) is 4.27. The van der Waals surface area contributed by atoms with Gasteiger partial charge in [-0.3, -0.25) is 14.2 Å². The molecule has 34 heavy (non-hydrogen) atoms. The summed E-state index contributed by atoms with van der Waals surface area (Å²) >= 11 is 1.08. The highest BCUT2D eigenvalue weighted by Gasteiger charge is 2.17. The Bertz CT molecular complexity index is 1420. The van der Waals surface area contributed by atoms with Gasteiger partial charge in [-0.05, 0) is 55.3 Å². The highest BCUT2D eigenvalue weighted by Crippen LogP contribution is 2.27. The Morgan fingerprint density at radius 2 is 1.82 bits per heavy atom. The van der Waals surface area contributed by atoms with Gasteiger partial charge in [0.15, 0.2) is 5.16 Å². The number of rotatable bonds is 7. The number of amides is 1. The molecule has 1 amide bonds. The number of nitrogens with one attached hydrogen (secondary N) is 1. The predicted molar refractivity (Wildman–Crippen MR) is 129 cm³/mol. The Morgan fingerprint density at radius 1 is 1.09 bits per heavy atom. The molecule has 0 unspecified atom stereocenters. The summed E-state index contributed by atoms with van der Waals surface area (Å²) in [5.74, 6) is -0.684. The SMILES string of the molecule is Cc1ccc(C)c(-n2c(SCC(=O)Nc3ccccc3OC(F)F)nc3ccccc3c2=O)c1. The van der Waals surface area contributed by atoms with E-state index in [4.69, 9.17) is 0 Å². The molecule has 3 aromatic carbocycles. The summed E-state index contributed by atoms with van der Waals surface area (Å²) in [6.45, 7) is 0.820. The number of benzene rings is 3. The monoisotopic (exact) mass is 481 g/mol. The standard InChI is InChI=1S/C25H21F2N3O3S/c1-15-11-12-16(2)20(13-15)30-23(32)17-7-3-4-8-18(17)29-25(30)34-14-22(31)28-19-9-5-6-10-21(19)33-24(26)27/h3-13,24H,14H2,1-2H3,(H,28,31). The van der Waals surface area contributed by atoms with Gasteiger partial charge in [0.1, 0.15) is 5.75 Å². The van der Waals surface area contributed by atoms with Crippen molar-refractivity contribution in [2.75, 3.05) is 11.1 Å². The van der Waals surface area contributed by atoms with E-state index in [1.807, 2.05) is 32.0 Å². The van der Waals surface area contributed by atoms with Crippen LogP contribution in [0.3, 0.4) is 0 Å². The third-order valence-electron chi connectivity index (χ3n) is 5.06. The van der Waals surface area contributed by atoms with Gasteiger partial charge >= 0.3 is 6.61 Å². The molecule has 1 aromatic heterocycles. The number of aryl methyl sites for hydroxylation is 2. The molecular weight excluding hydrogens is 460 g/mol. The predicted octanol–water partition coefficient (Wildman–Crippen LogP) is 5.33. The number of carbonyl (C=O) groups is 1. The maximum Gasteiger partial charge on any atom is 0.387 e. The number of nitrogens with zero attached hydrogens (tertiary/aromatic N) is 2. The first-order chi connectivity index (χ1) is 16.3. The van der Waals surface area contributed by atoms with Crippen molar-refractivity contribution in [1.82, 2.24) is 9.55 Å². The molecule has 6 nitrogen and oxygen atoms in total. The number of para-hydroxylation sites is 3. The summed E-state index contributed by atoms with van der Waals surface area (Å²) in [5.41, 5.74) is 2.96. The molecule has 1 heterocycles. The van der Waals surface area contributed by atoms with Crippen molar-refractivity contribution >= 4 is 34.3 Å². The number of fused-ring (bicyclic) bond motifs is 1. The van der Waals surface area contributed by atoms with Crippen molar-refractivity contribution in [1.29, 1.82) is 0 Å². The zero-order valence-corrected chi connectivity index (χ0v) is 19.2. The number of anilines is 1. The van der Waals surface area contributed by atoms with Crippen molar-refractivity contribution in [3.8, 4) is 11.4 Å². The quantitative estimate of drug-likeness (QED) is 0.285. The van der Waals surface area contributed by atoms with Gasteiger partial charge < -0.3 is 10.1 Å². The van der Waals surface area contributed by atoms with E-state index < -0.39 is 12.5 Å². The number of hydrogen-bond donors (Lipinski definition) is 1. The molecule has 0 saturated heterocycles. The zero-order chi connectivity index (χ0) is 24.2. The number of ether oxygens (including phenoxy) is 1. The van der Waals surface area contributed by atoms with Crippen LogP contribution in [-0.2, 0) is 4.79 Å². The molecule has 1 N–H and O–H groups in total. The fourth-order valence-electron chi connectivity index (χ4n) is 3.47. The highest BCUT2D eigenvalue weighted by atomic mass is 32.2. The maximum atomic E-state index is 13.4. The molecule has 0 radical (unpaired) electrons. The lowest BCUT2D eigenvalue weighted by Gasteiger charge is -2.16. The maximum absolute atomic E-state index is 13.4. The van der Waals surface area contributed by atoms with Crippen LogP contribution >= 0.6 is 11.8 Å². The van der Waals surface area contributed by atoms with Gasteiger partial charge in [-0.25, -0.2) is 4.98 Å². The Labute approximate surface area is 198 Å². The third kappa shape index (κ3) is 5.09. The van der Waals surface area contributed by atoms with E-state index in [0.29, 0.717) is 21.7 Å². The molecule has 0 aliphatic carbocycles. The van der Waals surface area contributed by atoms with E-state index in [0.717, 1.165) is 22.9 Å². The van der Waals surface area contributed by atoms with E-state index in [2.05, 4.69) is 15.0 Å². The van der Waals surface area contributed by atoms with Crippen molar-refractivity contribution < 1.29 is 18.3 Å². The van der Waals surface area contributed by atoms with Crippen LogP contribution in [-0.4, -0.2) is 27.8 Å². The largest absolute Gasteiger partial charge is 0.433 e. The number of aromatic nitrogens is 2. The second kappa shape index (κ2) is 10.0. The number of hydrogen-bond acceptors (Lipinski definition) is 5. The lowest BCUT2D eigenvalue weighted by atomic mass is 10.1. The number of halogens is 2. The van der Waals surface area contributed by atoms with Crippen molar-refractivity contribution in [3.05, 3.63) is 88.2 Å². The molecular formula is C25H21F2N3O3S. The summed E-state index contributed by atoms with van der Waals surface area (Å²) in [5, 5.41) is 3.40. The molecule has 9 heteroatoms. The molecule has 0 saturated carbocycles. The van der Waals surface area contributed by atoms with Gasteiger partial charge in [-0.1, -0.05) is 48.2 Å². The van der Waals surface area contributed by atoms with Gasteiger partial charge in [0.05, 0.1) is 28.0 Å². The lowest BCUT2D eigenvalue weighted by molar-refractivity contribution is -0.113. The average Bonchev–Trinajstić information content (AvgIpc) is 2.81. The molecule has 0 bridgehead atoms. The molecule has 174 valence electrons. The van der Waals surface area contributed by atoms with Crippen LogP contribution in [0.2, 0.25) is 0 Å². The van der Waals surface area contributed by atoms with E-state index >= 15 is 0 Å². The summed E-state index contributed by atoms with van der Waals surface area (Å²) in [6, 6.07) is 18.8. The third-order valence-corrected chi connectivity index (χ3v) is 6.00. The van der Waals surface area contributed by atoms with Crippen LogP contribution in [0.4, 0.5) is 14.5 Å². The summed E-state index contributed by atoms with van der Waals surface area (Å²) in [7, 11) is 0. The van der Waals surface area contributed by atoms with E-state index in [1.165, 1.54) is 22.8 Å². The normalized spacial score (nSPS) is 11.1. The Morgan fingerprint density at radius 3 is 2.62 bits per heavy atom. The summed E-state index contributed by atoms with van der Waals surface area (Å²) < 4.78 is 31.3. The second-order valence-electron chi connectivity index (χ2n) is 7.55. The van der Waals surface area contributed by atoms with Gasteiger partial charge in [0.2, 0.25) is 5.91 Å². The van der Waals surface area contributed by atoms with Crippen LogP contribution in [0.1, 0.15) is 11.1 Å². The zero-order valence-electron chi connectivity index (χ0n) is 18.4. The van der Waals surface area contributed by atoms with Crippen LogP contribution in [0, 0.1) is 13.8 Å². The lowest BCUT2D eigenvalue weighted by Crippen LogP contribution is -2.23. The molecule has 4 aromatic rings. The van der Waals surface area contributed by atoms with Gasteiger partial charge in [-0.2, -0.15) is 8.78 Å². The molecule has 0 atom stereocenters. The number of carbonyl (C=O) groups excluding carboxylic acids is 1. The first kappa shape index (κ1) is 23.4. The molecule has 0 aliphatic rings.